The number of carbonyl (C=O) groups is 2. The molecule has 0 aliphatic heterocycles. The van der Waals surface area contributed by atoms with Gasteiger partial charge in [-0.05, 0) is 56.1 Å². The molecular formula is C21H32N4O2. The van der Waals surface area contributed by atoms with Gasteiger partial charge in [0.2, 0.25) is 5.91 Å². The van der Waals surface area contributed by atoms with Crippen molar-refractivity contribution in [1.82, 2.24) is 15.6 Å². The minimum Gasteiger partial charge on any atom is -0.338 e. The predicted octanol–water partition coefficient (Wildman–Crippen LogP) is 3.58. The Morgan fingerprint density at radius 3 is 2.67 bits per heavy atom. The number of allylic oxidation sites excluding steroid dienone is 1. The number of amides is 3. The molecule has 3 amide bonds. The predicted molar refractivity (Wildman–Crippen MR) is 108 cm³/mol. The van der Waals surface area contributed by atoms with Crippen LogP contribution in [0.15, 0.2) is 36.0 Å². The molecule has 1 aromatic heterocycles. The van der Waals surface area contributed by atoms with Crippen LogP contribution in [0.1, 0.15) is 40.5 Å². The summed E-state index contributed by atoms with van der Waals surface area (Å²) in [6.45, 7) is 9.66. The van der Waals surface area contributed by atoms with Crippen molar-refractivity contribution < 1.29 is 9.59 Å². The van der Waals surface area contributed by atoms with E-state index in [9.17, 15) is 9.59 Å². The summed E-state index contributed by atoms with van der Waals surface area (Å²) < 4.78 is 0. The van der Waals surface area contributed by atoms with Gasteiger partial charge in [-0.15, -0.1) is 0 Å². The van der Waals surface area contributed by atoms with E-state index in [1.807, 2.05) is 19.1 Å². The molecule has 6 nitrogen and oxygen atoms in total. The molecule has 0 saturated heterocycles. The Labute approximate surface area is 162 Å². The van der Waals surface area contributed by atoms with Gasteiger partial charge >= 0.3 is 6.03 Å². The standard InChI is InChI=1S/C21H32N4O2/c1-5-22-21(27)24-13-17-10-15(4)16(11-18(17)14(2)3)12-20(26)25-19-8-6-7-9-23-19/h6-10,14,16-18H,5,11-13H2,1-4H3,(H2,22,24,27)(H,23,25,26)/t16-,17+,18-/m0/s1. The van der Waals surface area contributed by atoms with Gasteiger partial charge in [-0.1, -0.05) is 31.6 Å². The van der Waals surface area contributed by atoms with Crippen LogP contribution in [0.2, 0.25) is 0 Å². The van der Waals surface area contributed by atoms with E-state index in [1.54, 1.807) is 12.3 Å². The first-order valence-electron chi connectivity index (χ1n) is 9.81. The maximum Gasteiger partial charge on any atom is 0.314 e. The van der Waals surface area contributed by atoms with E-state index in [-0.39, 0.29) is 17.9 Å². The third-order valence-electron chi connectivity index (χ3n) is 5.28. The number of urea groups is 1. The van der Waals surface area contributed by atoms with E-state index in [4.69, 9.17) is 0 Å². The van der Waals surface area contributed by atoms with Crippen LogP contribution in [0.5, 0.6) is 0 Å². The third-order valence-corrected chi connectivity index (χ3v) is 5.28. The van der Waals surface area contributed by atoms with Crippen LogP contribution < -0.4 is 16.0 Å². The number of nitrogens with zero attached hydrogens (tertiary/aromatic N) is 1. The first-order valence-corrected chi connectivity index (χ1v) is 9.81. The van der Waals surface area contributed by atoms with Crippen LogP contribution >= 0.6 is 0 Å². The Morgan fingerprint density at radius 2 is 2.04 bits per heavy atom. The van der Waals surface area contributed by atoms with E-state index in [1.165, 1.54) is 5.57 Å². The lowest BCUT2D eigenvalue weighted by Gasteiger charge is -2.37. The highest BCUT2D eigenvalue weighted by Gasteiger charge is 2.32. The van der Waals surface area contributed by atoms with Crippen molar-refractivity contribution in [2.24, 2.45) is 23.7 Å². The van der Waals surface area contributed by atoms with E-state index >= 15 is 0 Å². The maximum absolute atomic E-state index is 12.4. The molecule has 0 radical (unpaired) electrons. The SMILES string of the molecule is CCNC(=O)NC[C@H]1C=C(C)[C@H](CC(=O)Nc2ccccn2)C[C@H]1C(C)C. The Morgan fingerprint density at radius 1 is 1.26 bits per heavy atom. The summed E-state index contributed by atoms with van der Waals surface area (Å²) in [6, 6.07) is 5.35. The average Bonchev–Trinajstić information content (AvgIpc) is 2.62. The van der Waals surface area contributed by atoms with Crippen LogP contribution in [0.3, 0.4) is 0 Å². The molecule has 3 atom stereocenters. The summed E-state index contributed by atoms with van der Waals surface area (Å²) in [4.78, 5) is 28.3. The molecule has 3 N–H and O–H groups in total. The first-order chi connectivity index (χ1) is 12.9. The maximum atomic E-state index is 12.4. The highest BCUT2D eigenvalue weighted by molar-refractivity contribution is 5.90. The molecule has 0 fully saturated rings. The van der Waals surface area contributed by atoms with Crippen LogP contribution in [-0.2, 0) is 4.79 Å². The van der Waals surface area contributed by atoms with Crippen molar-refractivity contribution in [3.8, 4) is 0 Å². The van der Waals surface area contributed by atoms with Gasteiger partial charge in [-0.3, -0.25) is 4.79 Å². The summed E-state index contributed by atoms with van der Waals surface area (Å²) >= 11 is 0. The molecule has 148 valence electrons. The summed E-state index contributed by atoms with van der Waals surface area (Å²) in [5.41, 5.74) is 1.23. The number of hydrogen-bond acceptors (Lipinski definition) is 3. The quantitative estimate of drug-likeness (QED) is 0.640. The third kappa shape index (κ3) is 6.38. The van der Waals surface area contributed by atoms with Gasteiger partial charge in [-0.25, -0.2) is 9.78 Å². The number of aromatic nitrogens is 1. The molecule has 1 aliphatic rings. The molecule has 1 aromatic rings. The van der Waals surface area contributed by atoms with Crippen molar-refractivity contribution in [3.63, 3.8) is 0 Å². The van der Waals surface area contributed by atoms with Crippen molar-refractivity contribution in [3.05, 3.63) is 36.0 Å². The molecule has 0 saturated carbocycles. The molecule has 6 heteroatoms. The van der Waals surface area contributed by atoms with Crippen LogP contribution in [0, 0.1) is 23.7 Å². The molecular weight excluding hydrogens is 340 g/mol. The van der Waals surface area contributed by atoms with Crippen molar-refractivity contribution in [2.45, 2.75) is 40.5 Å². The lowest BCUT2D eigenvalue weighted by Crippen LogP contribution is -2.41. The Hall–Kier alpha value is -2.37. The molecule has 2 rings (SSSR count). The Balaban J connectivity index is 1.99. The zero-order valence-corrected chi connectivity index (χ0v) is 16.8. The topological polar surface area (TPSA) is 83.1 Å². The monoisotopic (exact) mass is 372 g/mol. The van der Waals surface area contributed by atoms with Gasteiger partial charge in [0.25, 0.3) is 0 Å². The zero-order valence-electron chi connectivity index (χ0n) is 16.8. The van der Waals surface area contributed by atoms with Gasteiger partial charge in [-0.2, -0.15) is 0 Å². The first kappa shape index (κ1) is 20.9. The molecule has 1 aliphatic carbocycles. The largest absolute Gasteiger partial charge is 0.338 e. The van der Waals surface area contributed by atoms with E-state index in [0.717, 1.165) is 6.42 Å². The number of nitrogens with one attached hydrogen (secondary N) is 3. The van der Waals surface area contributed by atoms with Crippen LogP contribution in [0.25, 0.3) is 0 Å². The van der Waals surface area contributed by atoms with E-state index in [0.29, 0.717) is 43.1 Å². The summed E-state index contributed by atoms with van der Waals surface area (Å²) in [5.74, 6) is 2.02. The zero-order chi connectivity index (χ0) is 19.8. The van der Waals surface area contributed by atoms with E-state index < -0.39 is 0 Å². The van der Waals surface area contributed by atoms with Gasteiger partial charge in [0.1, 0.15) is 5.82 Å². The molecule has 27 heavy (non-hydrogen) atoms. The summed E-state index contributed by atoms with van der Waals surface area (Å²) in [5, 5.41) is 8.61. The van der Waals surface area contributed by atoms with Crippen molar-refractivity contribution in [1.29, 1.82) is 0 Å². The molecule has 0 bridgehead atoms. The summed E-state index contributed by atoms with van der Waals surface area (Å²) in [7, 11) is 0. The van der Waals surface area contributed by atoms with E-state index in [2.05, 4.69) is 47.8 Å². The molecule has 0 unspecified atom stereocenters. The second-order valence-corrected chi connectivity index (χ2v) is 7.62. The van der Waals surface area contributed by atoms with Crippen LogP contribution in [0.4, 0.5) is 10.6 Å². The highest BCUT2D eigenvalue weighted by Crippen LogP contribution is 2.38. The Kier molecular flexibility index (Phi) is 7.82. The number of rotatable bonds is 7. The fraction of sp³-hybridized carbons (Fsp3) is 0.571. The minimum absolute atomic E-state index is 0.00662. The number of pyridine rings is 1. The van der Waals surface area contributed by atoms with Crippen molar-refractivity contribution >= 4 is 17.8 Å². The second kappa shape index (κ2) is 10.1. The van der Waals surface area contributed by atoms with Gasteiger partial charge in [0.05, 0.1) is 0 Å². The van der Waals surface area contributed by atoms with Gasteiger partial charge < -0.3 is 16.0 Å². The second-order valence-electron chi connectivity index (χ2n) is 7.62. The molecule has 0 aromatic carbocycles. The number of anilines is 1. The van der Waals surface area contributed by atoms with Gasteiger partial charge in [0.15, 0.2) is 0 Å². The van der Waals surface area contributed by atoms with Crippen molar-refractivity contribution in [2.75, 3.05) is 18.4 Å². The average molecular weight is 373 g/mol. The lowest BCUT2D eigenvalue weighted by molar-refractivity contribution is -0.117. The number of hydrogen-bond donors (Lipinski definition) is 3. The van der Waals surface area contributed by atoms with Gasteiger partial charge in [0, 0.05) is 25.7 Å². The number of carbonyl (C=O) groups excluding carboxylic acids is 2. The minimum atomic E-state index is -0.122. The molecule has 1 heterocycles. The lowest BCUT2D eigenvalue weighted by atomic mass is 9.70. The molecule has 0 spiro atoms. The smallest absolute Gasteiger partial charge is 0.314 e. The highest BCUT2D eigenvalue weighted by atomic mass is 16.2. The summed E-state index contributed by atoms with van der Waals surface area (Å²) in [6.07, 6.45) is 5.33. The fourth-order valence-corrected chi connectivity index (χ4v) is 3.80. The normalized spacial score (nSPS) is 22.1. The Bertz CT molecular complexity index is 657. The fourth-order valence-electron chi connectivity index (χ4n) is 3.80. The van der Waals surface area contributed by atoms with Crippen LogP contribution in [-0.4, -0.2) is 30.0 Å².